The normalized spacial score (nSPS) is 16.5. The summed E-state index contributed by atoms with van der Waals surface area (Å²) in [6.45, 7) is 0. The summed E-state index contributed by atoms with van der Waals surface area (Å²) in [5, 5.41) is 3.81. The maximum absolute atomic E-state index is 3.81. The second kappa shape index (κ2) is 5.35. The van der Waals surface area contributed by atoms with Crippen LogP contribution < -0.4 is 10.2 Å². The number of nitrogens with zero attached hydrogens (tertiary/aromatic N) is 1. The maximum Gasteiger partial charge on any atom is 0.0600 e. The van der Waals surface area contributed by atoms with Gasteiger partial charge in [0.2, 0.25) is 0 Å². The SMILES string of the molecule is CN(C)c1cc2c(cc1NC1CCCC1)-c1ccccc1C2. The Morgan fingerprint density at radius 3 is 2.50 bits per heavy atom. The van der Waals surface area contributed by atoms with Crippen molar-refractivity contribution in [3.8, 4) is 11.1 Å². The van der Waals surface area contributed by atoms with E-state index in [4.69, 9.17) is 0 Å². The Labute approximate surface area is 133 Å². The Morgan fingerprint density at radius 1 is 0.955 bits per heavy atom. The molecule has 0 aromatic heterocycles. The lowest BCUT2D eigenvalue weighted by Gasteiger charge is -2.23. The Kier molecular flexibility index (Phi) is 3.33. The first-order valence-corrected chi connectivity index (χ1v) is 8.41. The number of rotatable bonds is 3. The lowest BCUT2D eigenvalue weighted by atomic mass is 10.0. The fourth-order valence-electron chi connectivity index (χ4n) is 3.95. The molecule has 0 atom stereocenters. The van der Waals surface area contributed by atoms with Gasteiger partial charge >= 0.3 is 0 Å². The number of benzene rings is 2. The highest BCUT2D eigenvalue weighted by molar-refractivity contribution is 5.85. The van der Waals surface area contributed by atoms with Crippen LogP contribution in [0.4, 0.5) is 11.4 Å². The summed E-state index contributed by atoms with van der Waals surface area (Å²) in [6.07, 6.45) is 6.41. The van der Waals surface area contributed by atoms with Crippen LogP contribution in [-0.4, -0.2) is 20.1 Å². The van der Waals surface area contributed by atoms with Gasteiger partial charge in [-0.1, -0.05) is 37.1 Å². The predicted molar refractivity (Wildman–Crippen MR) is 94.9 cm³/mol. The molecule has 0 spiro atoms. The zero-order valence-corrected chi connectivity index (χ0v) is 13.5. The van der Waals surface area contributed by atoms with Gasteiger partial charge < -0.3 is 10.2 Å². The fourth-order valence-corrected chi connectivity index (χ4v) is 3.95. The van der Waals surface area contributed by atoms with E-state index in [0.717, 1.165) is 6.42 Å². The minimum atomic E-state index is 0.647. The van der Waals surface area contributed by atoms with Crippen molar-refractivity contribution in [2.24, 2.45) is 0 Å². The van der Waals surface area contributed by atoms with Crippen molar-refractivity contribution < 1.29 is 0 Å². The highest BCUT2D eigenvalue weighted by Crippen LogP contribution is 2.42. The van der Waals surface area contributed by atoms with E-state index >= 15 is 0 Å². The quantitative estimate of drug-likeness (QED) is 0.754. The van der Waals surface area contributed by atoms with Crippen LogP contribution in [0.25, 0.3) is 11.1 Å². The summed E-state index contributed by atoms with van der Waals surface area (Å²) in [4.78, 5) is 2.24. The van der Waals surface area contributed by atoms with Crippen LogP contribution in [0, 0.1) is 0 Å². The van der Waals surface area contributed by atoms with Gasteiger partial charge in [-0.25, -0.2) is 0 Å². The van der Waals surface area contributed by atoms with Crippen molar-refractivity contribution in [3.63, 3.8) is 0 Å². The molecule has 0 amide bonds. The van der Waals surface area contributed by atoms with E-state index < -0.39 is 0 Å². The molecule has 4 rings (SSSR count). The van der Waals surface area contributed by atoms with Crippen LogP contribution in [0.3, 0.4) is 0 Å². The topological polar surface area (TPSA) is 15.3 Å². The third kappa shape index (κ3) is 2.27. The molecule has 1 saturated carbocycles. The maximum atomic E-state index is 3.81. The average molecular weight is 292 g/mol. The highest BCUT2D eigenvalue weighted by atomic mass is 15.1. The molecule has 2 nitrogen and oxygen atoms in total. The number of hydrogen-bond acceptors (Lipinski definition) is 2. The van der Waals surface area contributed by atoms with E-state index in [1.807, 2.05) is 0 Å². The third-order valence-corrected chi connectivity index (χ3v) is 5.11. The Bertz CT molecular complexity index is 697. The largest absolute Gasteiger partial charge is 0.381 e. The molecule has 0 bridgehead atoms. The number of hydrogen-bond donors (Lipinski definition) is 1. The Hall–Kier alpha value is -1.96. The molecule has 0 saturated heterocycles. The molecule has 2 aromatic rings. The molecule has 2 aromatic carbocycles. The van der Waals surface area contributed by atoms with Gasteiger partial charge in [0.25, 0.3) is 0 Å². The zero-order valence-electron chi connectivity index (χ0n) is 13.5. The summed E-state index contributed by atoms with van der Waals surface area (Å²) in [5.41, 5.74) is 8.37. The lowest BCUT2D eigenvalue weighted by Crippen LogP contribution is -2.18. The highest BCUT2D eigenvalue weighted by Gasteiger charge is 2.22. The first-order valence-electron chi connectivity index (χ1n) is 8.41. The molecule has 0 radical (unpaired) electrons. The molecule has 1 N–H and O–H groups in total. The van der Waals surface area contributed by atoms with E-state index in [1.165, 1.54) is 59.3 Å². The van der Waals surface area contributed by atoms with Crippen LogP contribution in [-0.2, 0) is 6.42 Å². The minimum Gasteiger partial charge on any atom is -0.381 e. The standard InChI is InChI=1S/C20H24N2/c1-22(2)20-12-15-11-14-7-3-6-10-17(14)18(15)13-19(20)21-16-8-4-5-9-16/h3,6-7,10,12-13,16,21H,4-5,8-9,11H2,1-2H3. The first kappa shape index (κ1) is 13.7. The molecule has 2 heteroatoms. The van der Waals surface area contributed by atoms with E-state index in [-0.39, 0.29) is 0 Å². The van der Waals surface area contributed by atoms with Crippen molar-refractivity contribution in [2.75, 3.05) is 24.3 Å². The van der Waals surface area contributed by atoms with Gasteiger partial charge in [0, 0.05) is 20.1 Å². The molecule has 1 fully saturated rings. The second-order valence-corrected chi connectivity index (χ2v) is 6.88. The van der Waals surface area contributed by atoms with Crippen molar-refractivity contribution in [2.45, 2.75) is 38.1 Å². The van der Waals surface area contributed by atoms with E-state index in [0.29, 0.717) is 6.04 Å². The average Bonchev–Trinajstić information content (AvgIpc) is 3.13. The minimum absolute atomic E-state index is 0.647. The monoisotopic (exact) mass is 292 g/mol. The fraction of sp³-hybridized carbons (Fsp3) is 0.400. The van der Waals surface area contributed by atoms with Crippen LogP contribution in [0.2, 0.25) is 0 Å². The Balaban J connectivity index is 1.77. The molecule has 2 aliphatic carbocycles. The number of nitrogens with one attached hydrogen (secondary N) is 1. The summed E-state index contributed by atoms with van der Waals surface area (Å²) < 4.78 is 0. The molecule has 114 valence electrons. The van der Waals surface area contributed by atoms with Crippen LogP contribution in [0.15, 0.2) is 36.4 Å². The van der Waals surface area contributed by atoms with E-state index in [2.05, 4.69) is 60.7 Å². The van der Waals surface area contributed by atoms with Crippen molar-refractivity contribution in [1.29, 1.82) is 0 Å². The first-order chi connectivity index (χ1) is 10.7. The second-order valence-electron chi connectivity index (χ2n) is 6.88. The van der Waals surface area contributed by atoms with E-state index in [9.17, 15) is 0 Å². The van der Waals surface area contributed by atoms with E-state index in [1.54, 1.807) is 0 Å². The predicted octanol–water partition coefficient (Wildman–Crippen LogP) is 4.68. The van der Waals surface area contributed by atoms with Crippen molar-refractivity contribution >= 4 is 11.4 Å². The molecule has 0 unspecified atom stereocenters. The molecule has 0 aliphatic heterocycles. The van der Waals surface area contributed by atoms with Gasteiger partial charge in [-0.05, 0) is 53.6 Å². The molecular formula is C20H24N2. The smallest absolute Gasteiger partial charge is 0.0600 e. The van der Waals surface area contributed by atoms with Crippen molar-refractivity contribution in [1.82, 2.24) is 0 Å². The summed E-state index contributed by atoms with van der Waals surface area (Å²) in [7, 11) is 4.29. The third-order valence-electron chi connectivity index (χ3n) is 5.11. The zero-order chi connectivity index (χ0) is 15.1. The molecular weight excluding hydrogens is 268 g/mol. The van der Waals surface area contributed by atoms with Crippen LogP contribution in [0.5, 0.6) is 0 Å². The molecule has 0 heterocycles. The summed E-state index contributed by atoms with van der Waals surface area (Å²) >= 11 is 0. The number of anilines is 2. The van der Waals surface area contributed by atoms with Gasteiger partial charge in [-0.3, -0.25) is 0 Å². The number of fused-ring (bicyclic) bond motifs is 3. The van der Waals surface area contributed by atoms with Gasteiger partial charge in [-0.15, -0.1) is 0 Å². The van der Waals surface area contributed by atoms with Gasteiger partial charge in [-0.2, -0.15) is 0 Å². The van der Waals surface area contributed by atoms with Gasteiger partial charge in [0.15, 0.2) is 0 Å². The van der Waals surface area contributed by atoms with Crippen LogP contribution >= 0.6 is 0 Å². The van der Waals surface area contributed by atoms with Gasteiger partial charge in [0.05, 0.1) is 11.4 Å². The summed E-state index contributed by atoms with van der Waals surface area (Å²) in [5.74, 6) is 0. The molecule has 22 heavy (non-hydrogen) atoms. The van der Waals surface area contributed by atoms with Crippen molar-refractivity contribution in [3.05, 3.63) is 47.5 Å². The lowest BCUT2D eigenvalue weighted by molar-refractivity contribution is 0.755. The Morgan fingerprint density at radius 2 is 1.73 bits per heavy atom. The van der Waals surface area contributed by atoms with Gasteiger partial charge in [0.1, 0.15) is 0 Å². The summed E-state index contributed by atoms with van der Waals surface area (Å²) in [6, 6.07) is 14.2. The molecule has 2 aliphatic rings. The van der Waals surface area contributed by atoms with Crippen LogP contribution in [0.1, 0.15) is 36.8 Å².